The van der Waals surface area contributed by atoms with Gasteiger partial charge in [-0.1, -0.05) is 6.42 Å². The minimum Gasteiger partial charge on any atom is -0.393 e. The Kier molecular flexibility index (Phi) is 5.19. The number of hydrogen-bond acceptors (Lipinski definition) is 4. The third-order valence-electron chi connectivity index (χ3n) is 4.29. The minimum atomic E-state index is -0.495. The van der Waals surface area contributed by atoms with Gasteiger partial charge >= 0.3 is 0 Å². The van der Waals surface area contributed by atoms with Gasteiger partial charge in [-0.15, -0.1) is 0 Å². The van der Waals surface area contributed by atoms with Gasteiger partial charge in [0.2, 0.25) is 5.91 Å². The maximum absolute atomic E-state index is 11.5. The third-order valence-corrected chi connectivity index (χ3v) is 4.29. The van der Waals surface area contributed by atoms with Crippen LogP contribution in [0, 0.1) is 5.92 Å². The first-order chi connectivity index (χ1) is 9.06. The van der Waals surface area contributed by atoms with Crippen molar-refractivity contribution in [2.75, 3.05) is 33.2 Å². The van der Waals surface area contributed by atoms with Crippen LogP contribution in [0.5, 0.6) is 0 Å². The fraction of sp³-hybridized carbons (Fsp3) is 0.929. The van der Waals surface area contributed by atoms with E-state index in [4.69, 9.17) is 0 Å². The van der Waals surface area contributed by atoms with Crippen molar-refractivity contribution in [3.8, 4) is 0 Å². The Morgan fingerprint density at radius 2 is 2.21 bits per heavy atom. The van der Waals surface area contributed by atoms with Gasteiger partial charge in [0.1, 0.15) is 0 Å². The molecule has 0 aromatic rings. The molecule has 3 unspecified atom stereocenters. The Morgan fingerprint density at radius 3 is 2.79 bits per heavy atom. The van der Waals surface area contributed by atoms with E-state index in [1.165, 1.54) is 0 Å². The summed E-state index contributed by atoms with van der Waals surface area (Å²) in [6.07, 6.45) is 3.94. The molecule has 3 atom stereocenters. The molecule has 1 saturated heterocycles. The third kappa shape index (κ3) is 4.16. The quantitative estimate of drug-likeness (QED) is 0.716. The van der Waals surface area contributed by atoms with E-state index in [2.05, 4.69) is 4.90 Å². The lowest BCUT2D eigenvalue weighted by molar-refractivity contribution is -0.129. The second-order valence-corrected chi connectivity index (χ2v) is 6.08. The van der Waals surface area contributed by atoms with Crippen LogP contribution in [0.3, 0.4) is 0 Å². The first kappa shape index (κ1) is 14.8. The number of nitrogens with zero attached hydrogens (tertiary/aromatic N) is 2. The van der Waals surface area contributed by atoms with Crippen LogP contribution < -0.4 is 0 Å². The molecule has 0 spiro atoms. The van der Waals surface area contributed by atoms with E-state index in [0.717, 1.165) is 38.8 Å². The van der Waals surface area contributed by atoms with Gasteiger partial charge < -0.3 is 20.0 Å². The van der Waals surface area contributed by atoms with E-state index in [0.29, 0.717) is 25.4 Å². The van der Waals surface area contributed by atoms with Crippen LogP contribution in [0.2, 0.25) is 0 Å². The van der Waals surface area contributed by atoms with Crippen LogP contribution in [0.25, 0.3) is 0 Å². The molecule has 110 valence electrons. The first-order valence-electron chi connectivity index (χ1n) is 7.38. The van der Waals surface area contributed by atoms with Crippen molar-refractivity contribution in [3.05, 3.63) is 0 Å². The molecule has 2 fully saturated rings. The van der Waals surface area contributed by atoms with Gasteiger partial charge in [0.15, 0.2) is 0 Å². The molecule has 2 aliphatic rings. The Morgan fingerprint density at radius 1 is 1.42 bits per heavy atom. The summed E-state index contributed by atoms with van der Waals surface area (Å²) in [6.45, 7) is 2.61. The zero-order chi connectivity index (χ0) is 13.8. The average Bonchev–Trinajstić information content (AvgIpc) is 2.90. The minimum absolute atomic E-state index is 0.160. The molecule has 1 aliphatic heterocycles. The summed E-state index contributed by atoms with van der Waals surface area (Å²) in [6, 6.07) is 0. The highest BCUT2D eigenvalue weighted by Crippen LogP contribution is 2.26. The predicted octanol–water partition coefficient (Wildman–Crippen LogP) is 0.0625. The van der Waals surface area contributed by atoms with E-state index >= 15 is 0 Å². The van der Waals surface area contributed by atoms with Crippen molar-refractivity contribution in [1.82, 2.24) is 9.80 Å². The van der Waals surface area contributed by atoms with Crippen molar-refractivity contribution in [2.24, 2.45) is 5.92 Å². The number of hydrogen-bond donors (Lipinski definition) is 2. The molecule has 1 aliphatic carbocycles. The molecule has 1 saturated carbocycles. The lowest BCUT2D eigenvalue weighted by Crippen LogP contribution is -2.41. The number of aliphatic hydroxyl groups is 2. The van der Waals surface area contributed by atoms with Crippen LogP contribution in [-0.2, 0) is 4.79 Å². The van der Waals surface area contributed by atoms with E-state index in [9.17, 15) is 15.0 Å². The maximum Gasteiger partial charge on any atom is 0.222 e. The monoisotopic (exact) mass is 270 g/mol. The van der Waals surface area contributed by atoms with Crippen molar-refractivity contribution in [1.29, 1.82) is 0 Å². The van der Waals surface area contributed by atoms with Crippen LogP contribution in [0.4, 0.5) is 0 Å². The Balaban J connectivity index is 1.69. The van der Waals surface area contributed by atoms with Gasteiger partial charge in [0.05, 0.1) is 12.2 Å². The number of aliphatic hydroxyl groups excluding tert-OH is 2. The second-order valence-electron chi connectivity index (χ2n) is 6.08. The second kappa shape index (κ2) is 6.68. The van der Waals surface area contributed by atoms with Crippen molar-refractivity contribution in [2.45, 2.75) is 44.3 Å². The Hall–Kier alpha value is -0.650. The van der Waals surface area contributed by atoms with Crippen LogP contribution in [0.1, 0.15) is 32.1 Å². The molecule has 0 aromatic heterocycles. The SMILES string of the molecule is CN(CC(O)CN1CCCC1=O)CC1CCCC1O. The summed E-state index contributed by atoms with van der Waals surface area (Å²) in [5.74, 6) is 0.499. The van der Waals surface area contributed by atoms with Crippen LogP contribution >= 0.6 is 0 Å². The molecule has 1 heterocycles. The molecule has 2 rings (SSSR count). The van der Waals surface area contributed by atoms with Gasteiger partial charge in [-0.25, -0.2) is 0 Å². The summed E-state index contributed by atoms with van der Waals surface area (Å²) in [5.41, 5.74) is 0. The highest BCUT2D eigenvalue weighted by atomic mass is 16.3. The molecular weight excluding hydrogens is 244 g/mol. The van der Waals surface area contributed by atoms with Gasteiger partial charge in [0.25, 0.3) is 0 Å². The number of rotatable bonds is 6. The predicted molar refractivity (Wildman–Crippen MR) is 72.7 cm³/mol. The summed E-state index contributed by atoms with van der Waals surface area (Å²) >= 11 is 0. The maximum atomic E-state index is 11.5. The number of β-amino-alcohol motifs (C(OH)–C–C–N with tert-alkyl or cyclic N) is 1. The van der Waals surface area contributed by atoms with Gasteiger partial charge in [-0.3, -0.25) is 4.79 Å². The van der Waals surface area contributed by atoms with E-state index < -0.39 is 6.10 Å². The highest BCUT2D eigenvalue weighted by Gasteiger charge is 2.27. The molecule has 2 N–H and O–H groups in total. The molecule has 1 amide bonds. The van der Waals surface area contributed by atoms with Gasteiger partial charge in [-0.2, -0.15) is 0 Å². The highest BCUT2D eigenvalue weighted by molar-refractivity contribution is 5.78. The number of likely N-dealkylation sites (N-methyl/N-ethyl adjacent to an activating group) is 1. The molecule has 5 nitrogen and oxygen atoms in total. The largest absolute Gasteiger partial charge is 0.393 e. The van der Waals surface area contributed by atoms with Crippen molar-refractivity contribution < 1.29 is 15.0 Å². The zero-order valence-electron chi connectivity index (χ0n) is 11.8. The molecule has 19 heavy (non-hydrogen) atoms. The molecule has 0 radical (unpaired) electrons. The Bertz CT molecular complexity index is 311. The number of carbonyl (C=O) groups is 1. The van der Waals surface area contributed by atoms with Crippen molar-refractivity contribution in [3.63, 3.8) is 0 Å². The van der Waals surface area contributed by atoms with E-state index in [-0.39, 0.29) is 12.0 Å². The normalized spacial score (nSPS) is 29.5. The topological polar surface area (TPSA) is 64.0 Å². The van der Waals surface area contributed by atoms with Crippen molar-refractivity contribution >= 4 is 5.91 Å². The number of carbonyl (C=O) groups excluding carboxylic acids is 1. The lowest BCUT2D eigenvalue weighted by atomic mass is 10.1. The van der Waals surface area contributed by atoms with Crippen LogP contribution in [0.15, 0.2) is 0 Å². The number of amides is 1. The van der Waals surface area contributed by atoms with E-state index in [1.807, 2.05) is 7.05 Å². The average molecular weight is 270 g/mol. The lowest BCUT2D eigenvalue weighted by Gasteiger charge is -2.27. The molecule has 5 heteroatoms. The van der Waals surface area contributed by atoms with Gasteiger partial charge in [0, 0.05) is 32.6 Å². The zero-order valence-corrected chi connectivity index (χ0v) is 11.8. The van der Waals surface area contributed by atoms with Crippen LogP contribution in [-0.4, -0.2) is 71.4 Å². The fourth-order valence-corrected chi connectivity index (χ4v) is 3.27. The Labute approximate surface area is 115 Å². The standard InChI is InChI=1S/C14H26N2O3/c1-15(8-11-4-2-5-13(11)18)9-12(17)10-16-7-3-6-14(16)19/h11-13,17-18H,2-10H2,1H3. The smallest absolute Gasteiger partial charge is 0.222 e. The molecule has 0 aromatic carbocycles. The fourth-order valence-electron chi connectivity index (χ4n) is 3.27. The summed E-state index contributed by atoms with van der Waals surface area (Å²) in [7, 11) is 1.97. The van der Waals surface area contributed by atoms with E-state index in [1.54, 1.807) is 4.90 Å². The molecule has 0 bridgehead atoms. The summed E-state index contributed by atoms with van der Waals surface area (Å²) in [5, 5.41) is 19.8. The summed E-state index contributed by atoms with van der Waals surface area (Å²) in [4.78, 5) is 15.3. The van der Waals surface area contributed by atoms with Gasteiger partial charge in [-0.05, 0) is 32.2 Å². The first-order valence-corrected chi connectivity index (χ1v) is 7.38. The number of likely N-dealkylation sites (tertiary alicyclic amines) is 1. The molecular formula is C14H26N2O3. The summed E-state index contributed by atoms with van der Waals surface area (Å²) < 4.78 is 0.